The molecule has 7 nitrogen and oxygen atoms in total. The number of hydrogen-bond donors (Lipinski definition) is 1. The fraction of sp³-hybridized carbons (Fsp3) is 0.500. The Morgan fingerprint density at radius 3 is 2.83 bits per heavy atom. The highest BCUT2D eigenvalue weighted by Crippen LogP contribution is 2.30. The normalized spacial score (nSPS) is 23.3. The predicted molar refractivity (Wildman–Crippen MR) is 81.8 cm³/mol. The van der Waals surface area contributed by atoms with Crippen LogP contribution in [0.15, 0.2) is 30.3 Å². The maximum absolute atomic E-state index is 12.5. The molecule has 2 atom stereocenters. The van der Waals surface area contributed by atoms with E-state index in [0.717, 1.165) is 12.0 Å². The van der Waals surface area contributed by atoms with E-state index in [1.807, 2.05) is 30.3 Å². The van der Waals surface area contributed by atoms with E-state index >= 15 is 0 Å². The van der Waals surface area contributed by atoms with Crippen LogP contribution in [0.4, 0.5) is 4.79 Å². The largest absolute Gasteiger partial charge is 0.345 e. The summed E-state index contributed by atoms with van der Waals surface area (Å²) in [5.41, 5.74) is 3.39. The number of rotatable bonds is 6. The third-order valence-corrected chi connectivity index (χ3v) is 4.16. The molecule has 7 heteroatoms. The second-order valence-electron chi connectivity index (χ2n) is 5.67. The molecule has 0 radical (unpaired) electrons. The summed E-state index contributed by atoms with van der Waals surface area (Å²) in [7, 11) is 0. The van der Waals surface area contributed by atoms with Gasteiger partial charge < -0.3 is 4.90 Å². The molecule has 23 heavy (non-hydrogen) atoms. The molecule has 1 aromatic rings. The number of benzene rings is 1. The van der Waals surface area contributed by atoms with E-state index in [1.165, 1.54) is 5.06 Å². The number of amides is 3. The van der Waals surface area contributed by atoms with E-state index < -0.39 is 6.04 Å². The lowest BCUT2D eigenvalue weighted by Crippen LogP contribution is -2.49. The van der Waals surface area contributed by atoms with Gasteiger partial charge in [0.05, 0.1) is 12.6 Å². The average molecular weight is 319 g/mol. The minimum Gasteiger partial charge on any atom is -0.309 e. The Morgan fingerprint density at radius 2 is 2.09 bits per heavy atom. The molecule has 2 unspecified atom stereocenters. The lowest BCUT2D eigenvalue weighted by Gasteiger charge is -2.28. The van der Waals surface area contributed by atoms with E-state index in [-0.39, 0.29) is 18.0 Å². The molecule has 124 valence electrons. The summed E-state index contributed by atoms with van der Waals surface area (Å²) in [6.45, 7) is 3.03. The predicted octanol–water partition coefficient (Wildman–Crippen LogP) is 1.45. The zero-order chi connectivity index (χ0) is 16.2. The molecule has 2 fully saturated rings. The number of fused-ring (bicyclic) bond motifs is 2. The summed E-state index contributed by atoms with van der Waals surface area (Å²) in [4.78, 5) is 36.8. The molecule has 2 aliphatic rings. The molecule has 0 saturated carbocycles. The molecule has 1 N–H and O–H groups in total. The smallest absolute Gasteiger partial charge is 0.309 e. The number of hydrogen-bond acceptors (Lipinski definition) is 4. The fourth-order valence-corrected chi connectivity index (χ4v) is 3.00. The van der Waals surface area contributed by atoms with Gasteiger partial charge >= 0.3 is 6.03 Å². The van der Waals surface area contributed by atoms with Crippen LogP contribution in [-0.2, 0) is 21.1 Å². The van der Waals surface area contributed by atoms with Crippen molar-refractivity contribution < 1.29 is 19.3 Å². The van der Waals surface area contributed by atoms with Crippen LogP contribution in [0.3, 0.4) is 0 Å². The van der Waals surface area contributed by atoms with Crippen molar-refractivity contribution in [2.24, 2.45) is 0 Å². The molecule has 3 rings (SSSR count). The van der Waals surface area contributed by atoms with Crippen molar-refractivity contribution in [3.05, 3.63) is 35.9 Å². The van der Waals surface area contributed by atoms with Gasteiger partial charge in [-0.05, 0) is 25.3 Å². The van der Waals surface area contributed by atoms with E-state index in [9.17, 15) is 9.59 Å². The summed E-state index contributed by atoms with van der Waals surface area (Å²) < 4.78 is 0. The summed E-state index contributed by atoms with van der Waals surface area (Å²) in [6.07, 6.45) is 1.35. The van der Waals surface area contributed by atoms with Gasteiger partial charge in [-0.15, -0.1) is 0 Å². The first-order valence-electron chi connectivity index (χ1n) is 7.89. The van der Waals surface area contributed by atoms with Crippen LogP contribution in [0.25, 0.3) is 0 Å². The Bertz CT molecular complexity index is 566. The number of carbonyl (C=O) groups is 2. The van der Waals surface area contributed by atoms with E-state index in [1.54, 1.807) is 11.8 Å². The Kier molecular flexibility index (Phi) is 4.78. The minimum atomic E-state index is -0.490. The second-order valence-corrected chi connectivity index (χ2v) is 5.67. The van der Waals surface area contributed by atoms with Gasteiger partial charge in [0.2, 0.25) is 0 Å². The maximum atomic E-state index is 12.5. The number of hydroxylamine groups is 3. The SMILES string of the molecule is CCONC(=O)C1CCC2CN1C(=O)N2OCc1ccccc1. The number of piperidine rings is 1. The van der Waals surface area contributed by atoms with Gasteiger partial charge in [-0.2, -0.15) is 5.06 Å². The Morgan fingerprint density at radius 1 is 1.30 bits per heavy atom. The second kappa shape index (κ2) is 6.97. The van der Waals surface area contributed by atoms with E-state index in [4.69, 9.17) is 9.68 Å². The van der Waals surface area contributed by atoms with Crippen LogP contribution in [0, 0.1) is 0 Å². The topological polar surface area (TPSA) is 71.1 Å². The standard InChI is InChI=1S/C16H21N3O4/c1-2-22-17-15(20)14-9-8-13-10-18(14)16(21)19(13)23-11-12-6-4-3-5-7-12/h3-7,13-14H,2,8-11H2,1H3,(H,17,20). The van der Waals surface area contributed by atoms with Gasteiger partial charge in [0, 0.05) is 6.54 Å². The Hall–Kier alpha value is -2.12. The van der Waals surface area contributed by atoms with Gasteiger partial charge in [0.25, 0.3) is 5.91 Å². The van der Waals surface area contributed by atoms with Crippen molar-refractivity contribution in [2.45, 2.75) is 38.5 Å². The molecule has 2 bridgehead atoms. The monoisotopic (exact) mass is 319 g/mol. The number of nitrogens with zero attached hydrogens (tertiary/aromatic N) is 2. The Labute approximate surface area is 135 Å². The molecule has 0 spiro atoms. The summed E-state index contributed by atoms with van der Waals surface area (Å²) in [6, 6.07) is 8.96. The highest BCUT2D eigenvalue weighted by molar-refractivity contribution is 5.87. The first kappa shape index (κ1) is 15.8. The summed E-state index contributed by atoms with van der Waals surface area (Å²) in [5.74, 6) is -0.274. The van der Waals surface area contributed by atoms with Crippen LogP contribution in [0.2, 0.25) is 0 Å². The molecule has 0 aliphatic carbocycles. The molecular formula is C16H21N3O4. The van der Waals surface area contributed by atoms with Crippen molar-refractivity contribution in [3.8, 4) is 0 Å². The number of carbonyl (C=O) groups excluding carboxylic acids is 2. The quantitative estimate of drug-likeness (QED) is 0.806. The lowest BCUT2D eigenvalue weighted by atomic mass is 10.0. The molecular weight excluding hydrogens is 298 g/mol. The van der Waals surface area contributed by atoms with Crippen LogP contribution >= 0.6 is 0 Å². The average Bonchev–Trinajstić information content (AvgIpc) is 2.83. The van der Waals surface area contributed by atoms with Crippen molar-refractivity contribution >= 4 is 11.9 Å². The lowest BCUT2D eigenvalue weighted by molar-refractivity contribution is -0.141. The van der Waals surface area contributed by atoms with Gasteiger partial charge in [-0.3, -0.25) is 14.5 Å². The van der Waals surface area contributed by atoms with Crippen molar-refractivity contribution in [1.29, 1.82) is 0 Å². The summed E-state index contributed by atoms with van der Waals surface area (Å²) >= 11 is 0. The molecule has 0 aromatic heterocycles. The van der Waals surface area contributed by atoms with Crippen molar-refractivity contribution in [2.75, 3.05) is 13.2 Å². The molecule has 3 amide bonds. The summed E-state index contributed by atoms with van der Waals surface area (Å²) in [5, 5.41) is 1.42. The highest BCUT2D eigenvalue weighted by atomic mass is 16.7. The van der Waals surface area contributed by atoms with Crippen LogP contribution in [0.5, 0.6) is 0 Å². The molecule has 2 saturated heterocycles. The third-order valence-electron chi connectivity index (χ3n) is 4.16. The van der Waals surface area contributed by atoms with Crippen LogP contribution in [0.1, 0.15) is 25.3 Å². The highest BCUT2D eigenvalue weighted by Gasteiger charge is 2.47. The number of urea groups is 1. The van der Waals surface area contributed by atoms with E-state index in [2.05, 4.69) is 5.48 Å². The molecule has 2 aliphatic heterocycles. The van der Waals surface area contributed by atoms with Gasteiger partial charge in [-0.25, -0.2) is 10.3 Å². The van der Waals surface area contributed by atoms with Crippen molar-refractivity contribution in [1.82, 2.24) is 15.4 Å². The zero-order valence-corrected chi connectivity index (χ0v) is 13.1. The maximum Gasteiger partial charge on any atom is 0.345 e. The molecule has 1 aromatic carbocycles. The zero-order valence-electron chi connectivity index (χ0n) is 13.1. The first-order valence-corrected chi connectivity index (χ1v) is 7.89. The third kappa shape index (κ3) is 3.30. The van der Waals surface area contributed by atoms with Gasteiger partial charge in [-0.1, -0.05) is 30.3 Å². The van der Waals surface area contributed by atoms with Crippen molar-refractivity contribution in [3.63, 3.8) is 0 Å². The van der Waals surface area contributed by atoms with E-state index in [0.29, 0.717) is 26.2 Å². The molecule has 2 heterocycles. The van der Waals surface area contributed by atoms with Gasteiger partial charge in [0.1, 0.15) is 12.6 Å². The van der Waals surface area contributed by atoms with Gasteiger partial charge in [0.15, 0.2) is 0 Å². The Balaban J connectivity index is 1.61. The van der Waals surface area contributed by atoms with Crippen LogP contribution in [-0.4, -0.2) is 47.1 Å². The number of nitrogens with one attached hydrogen (secondary N) is 1. The fourth-order valence-electron chi connectivity index (χ4n) is 3.00. The first-order chi connectivity index (χ1) is 11.2. The minimum absolute atomic E-state index is 0.00218. The van der Waals surface area contributed by atoms with Crippen LogP contribution < -0.4 is 5.48 Å².